The Morgan fingerprint density at radius 3 is 2.46 bits per heavy atom. The maximum absolute atomic E-state index is 14.5. The normalized spacial score (nSPS) is 19.8. The molecular formula is C28H29FO6. The van der Waals surface area contributed by atoms with E-state index in [4.69, 9.17) is 14.2 Å². The molecule has 1 N–H and O–H groups in total. The molecule has 0 spiro atoms. The van der Waals surface area contributed by atoms with Gasteiger partial charge in [-0.3, -0.25) is 4.79 Å². The van der Waals surface area contributed by atoms with Crippen molar-refractivity contribution in [2.45, 2.75) is 51.7 Å². The number of carbonyl (C=O) groups excluding carboxylic acids is 1. The van der Waals surface area contributed by atoms with Gasteiger partial charge in [0.05, 0.1) is 18.6 Å². The number of hydrogen-bond donors (Lipinski definition) is 1. The lowest BCUT2D eigenvalue weighted by Crippen LogP contribution is -2.39. The van der Waals surface area contributed by atoms with E-state index in [1.165, 1.54) is 7.11 Å². The quantitative estimate of drug-likeness (QED) is 0.390. The predicted molar refractivity (Wildman–Crippen MR) is 129 cm³/mol. The van der Waals surface area contributed by atoms with Crippen molar-refractivity contribution in [3.63, 3.8) is 0 Å². The Balaban J connectivity index is 1.41. The molecule has 1 fully saturated rings. The van der Waals surface area contributed by atoms with Crippen molar-refractivity contribution in [2.24, 2.45) is 5.41 Å². The average molecular weight is 481 g/mol. The smallest absolute Gasteiger partial charge is 0.339 e. The number of carbonyl (C=O) groups is 2. The van der Waals surface area contributed by atoms with Gasteiger partial charge in [0.1, 0.15) is 17.9 Å². The molecule has 1 aliphatic rings. The van der Waals surface area contributed by atoms with E-state index in [0.717, 1.165) is 28.5 Å². The highest BCUT2D eigenvalue weighted by atomic mass is 19.1. The van der Waals surface area contributed by atoms with Crippen LogP contribution in [0, 0.1) is 11.2 Å². The topological polar surface area (TPSA) is 82.1 Å². The third-order valence-electron chi connectivity index (χ3n) is 7.02. The Hall–Kier alpha value is -3.61. The van der Waals surface area contributed by atoms with Gasteiger partial charge in [-0.2, -0.15) is 0 Å². The Bertz CT molecular complexity index is 1220. The maximum atomic E-state index is 14.5. The van der Waals surface area contributed by atoms with Crippen LogP contribution in [0.3, 0.4) is 0 Å². The number of benzene rings is 3. The summed E-state index contributed by atoms with van der Waals surface area (Å²) in [6, 6.07) is 16.1. The SMILES string of the molecule is CCC1(C(=O)OCc2cccc3ccccc23)CCC(Oc2cc(C(=O)O)c(OC)cc2F)CC1. The van der Waals surface area contributed by atoms with Gasteiger partial charge in [-0.1, -0.05) is 49.4 Å². The molecule has 0 aromatic heterocycles. The standard InChI is InChI=1S/C28H29FO6/c1-3-28(27(32)34-17-19-9-6-8-18-7-4-5-10-21(18)19)13-11-20(12-14-28)35-25-15-22(26(30)31)24(33-2)16-23(25)29/h4-10,15-16,20H,3,11-14,17H2,1-2H3,(H,30,31). The van der Waals surface area contributed by atoms with Crippen LogP contribution in [0.5, 0.6) is 11.5 Å². The molecule has 0 saturated heterocycles. The van der Waals surface area contributed by atoms with Crippen LogP contribution in [0.4, 0.5) is 4.39 Å². The van der Waals surface area contributed by atoms with Crippen molar-refractivity contribution in [1.82, 2.24) is 0 Å². The van der Waals surface area contributed by atoms with Crippen molar-refractivity contribution < 1.29 is 33.3 Å². The highest BCUT2D eigenvalue weighted by Crippen LogP contribution is 2.42. The number of halogens is 1. The molecule has 3 aromatic carbocycles. The first-order valence-corrected chi connectivity index (χ1v) is 11.8. The largest absolute Gasteiger partial charge is 0.496 e. The van der Waals surface area contributed by atoms with Gasteiger partial charge in [0, 0.05) is 12.1 Å². The molecule has 0 heterocycles. The first kappa shape index (κ1) is 24.5. The summed E-state index contributed by atoms with van der Waals surface area (Å²) in [4.78, 5) is 24.6. The lowest BCUT2D eigenvalue weighted by Gasteiger charge is -2.37. The fraction of sp³-hybridized carbons (Fsp3) is 0.357. The number of fused-ring (bicyclic) bond motifs is 1. The number of ether oxygens (including phenoxy) is 3. The van der Waals surface area contributed by atoms with Gasteiger partial charge < -0.3 is 19.3 Å². The van der Waals surface area contributed by atoms with Crippen LogP contribution in [0.25, 0.3) is 10.8 Å². The van der Waals surface area contributed by atoms with E-state index < -0.39 is 17.2 Å². The number of methoxy groups -OCH3 is 1. The van der Waals surface area contributed by atoms with Gasteiger partial charge in [-0.15, -0.1) is 0 Å². The van der Waals surface area contributed by atoms with E-state index >= 15 is 0 Å². The van der Waals surface area contributed by atoms with E-state index in [1.54, 1.807) is 0 Å². The molecule has 0 aliphatic heterocycles. The summed E-state index contributed by atoms with van der Waals surface area (Å²) < 4.78 is 31.1. The number of esters is 1. The molecule has 0 unspecified atom stereocenters. The third kappa shape index (κ3) is 5.09. The van der Waals surface area contributed by atoms with Crippen molar-refractivity contribution in [3.05, 3.63) is 71.5 Å². The minimum absolute atomic E-state index is 0.0649. The van der Waals surface area contributed by atoms with E-state index in [-0.39, 0.29) is 35.7 Å². The fourth-order valence-electron chi connectivity index (χ4n) is 4.82. The van der Waals surface area contributed by atoms with Crippen LogP contribution >= 0.6 is 0 Å². The molecule has 184 valence electrons. The minimum Gasteiger partial charge on any atom is -0.496 e. The van der Waals surface area contributed by atoms with Crippen molar-refractivity contribution in [2.75, 3.05) is 7.11 Å². The number of aromatic carboxylic acids is 1. The highest BCUT2D eigenvalue weighted by Gasteiger charge is 2.42. The molecule has 1 saturated carbocycles. The first-order chi connectivity index (χ1) is 16.9. The third-order valence-corrected chi connectivity index (χ3v) is 7.02. The van der Waals surface area contributed by atoms with Gasteiger partial charge >= 0.3 is 11.9 Å². The van der Waals surface area contributed by atoms with Crippen LogP contribution in [0.15, 0.2) is 54.6 Å². The van der Waals surface area contributed by atoms with Crippen LogP contribution < -0.4 is 9.47 Å². The van der Waals surface area contributed by atoms with E-state index in [0.29, 0.717) is 32.1 Å². The zero-order valence-electron chi connectivity index (χ0n) is 19.9. The molecule has 1 aliphatic carbocycles. The van der Waals surface area contributed by atoms with Gasteiger partial charge in [0.2, 0.25) is 0 Å². The molecule has 35 heavy (non-hydrogen) atoms. The second kappa shape index (κ2) is 10.3. The van der Waals surface area contributed by atoms with E-state index in [2.05, 4.69) is 0 Å². The van der Waals surface area contributed by atoms with Gasteiger partial charge in [-0.25, -0.2) is 9.18 Å². The summed E-state index contributed by atoms with van der Waals surface area (Å²) in [7, 11) is 1.28. The predicted octanol–water partition coefficient (Wildman–Crippen LogP) is 6.15. The molecule has 0 bridgehead atoms. The Morgan fingerprint density at radius 2 is 1.77 bits per heavy atom. The lowest BCUT2D eigenvalue weighted by atomic mass is 9.71. The zero-order valence-corrected chi connectivity index (χ0v) is 19.9. The molecular weight excluding hydrogens is 451 g/mol. The second-order valence-electron chi connectivity index (χ2n) is 8.95. The van der Waals surface area contributed by atoms with Gasteiger partial charge in [-0.05, 0) is 48.4 Å². The average Bonchev–Trinajstić information content (AvgIpc) is 2.88. The van der Waals surface area contributed by atoms with Crippen LogP contribution in [0.1, 0.15) is 54.9 Å². The highest BCUT2D eigenvalue weighted by molar-refractivity contribution is 5.91. The van der Waals surface area contributed by atoms with E-state index in [9.17, 15) is 19.1 Å². The van der Waals surface area contributed by atoms with Crippen molar-refractivity contribution in [3.8, 4) is 11.5 Å². The van der Waals surface area contributed by atoms with Crippen LogP contribution in [-0.4, -0.2) is 30.3 Å². The lowest BCUT2D eigenvalue weighted by molar-refractivity contribution is -0.161. The zero-order chi connectivity index (χ0) is 25.0. The number of hydrogen-bond acceptors (Lipinski definition) is 5. The van der Waals surface area contributed by atoms with Gasteiger partial charge in [0.25, 0.3) is 0 Å². The Morgan fingerprint density at radius 1 is 1.06 bits per heavy atom. The summed E-state index contributed by atoms with van der Waals surface area (Å²) in [5, 5.41) is 11.5. The molecule has 4 rings (SSSR count). The van der Waals surface area contributed by atoms with Crippen molar-refractivity contribution in [1.29, 1.82) is 0 Å². The molecule has 0 atom stereocenters. The van der Waals surface area contributed by atoms with Crippen LogP contribution in [-0.2, 0) is 16.1 Å². The monoisotopic (exact) mass is 480 g/mol. The Kier molecular flexibility index (Phi) is 7.24. The minimum atomic E-state index is -1.23. The summed E-state index contributed by atoms with van der Waals surface area (Å²) in [6.07, 6.45) is 2.47. The Labute approximate surface area is 203 Å². The molecule has 7 heteroatoms. The first-order valence-electron chi connectivity index (χ1n) is 11.8. The number of rotatable bonds is 8. The molecule has 0 amide bonds. The molecule has 6 nitrogen and oxygen atoms in total. The summed E-state index contributed by atoms with van der Waals surface area (Å²) in [6.45, 7) is 2.18. The summed E-state index contributed by atoms with van der Waals surface area (Å²) in [5.74, 6) is -2.33. The molecule has 0 radical (unpaired) electrons. The second-order valence-corrected chi connectivity index (χ2v) is 8.95. The maximum Gasteiger partial charge on any atom is 0.339 e. The fourth-order valence-corrected chi connectivity index (χ4v) is 4.82. The van der Waals surface area contributed by atoms with Crippen molar-refractivity contribution >= 4 is 22.7 Å². The van der Waals surface area contributed by atoms with Crippen LogP contribution in [0.2, 0.25) is 0 Å². The summed E-state index contributed by atoms with van der Waals surface area (Å²) >= 11 is 0. The molecule has 3 aromatic rings. The number of carboxylic acids is 1. The van der Waals surface area contributed by atoms with Gasteiger partial charge in [0.15, 0.2) is 11.6 Å². The summed E-state index contributed by atoms with van der Waals surface area (Å²) in [5.41, 5.74) is 0.179. The van der Waals surface area contributed by atoms with E-state index in [1.807, 2.05) is 49.4 Å². The number of carboxylic acid groups (broad SMARTS) is 1.